The van der Waals surface area contributed by atoms with Crippen LogP contribution in [0.25, 0.3) is 0 Å². The summed E-state index contributed by atoms with van der Waals surface area (Å²) in [6, 6.07) is 0. The van der Waals surface area contributed by atoms with Crippen LogP contribution in [0, 0.1) is 0 Å². The van der Waals surface area contributed by atoms with E-state index >= 15 is 0 Å². The molecule has 4 heteroatoms. The summed E-state index contributed by atoms with van der Waals surface area (Å²) in [5.41, 5.74) is -0.387. The van der Waals surface area contributed by atoms with E-state index in [0.717, 1.165) is 43.6 Å². The summed E-state index contributed by atoms with van der Waals surface area (Å²) < 4.78 is 0. The Morgan fingerprint density at radius 3 is 1.89 bits per heavy atom. The molecule has 104 valence electrons. The van der Waals surface area contributed by atoms with Crippen molar-refractivity contribution in [3.8, 4) is 0 Å². The van der Waals surface area contributed by atoms with Gasteiger partial charge in [-0.3, -0.25) is 14.4 Å². The number of rotatable bonds is 8. The molecule has 1 saturated heterocycles. The molecule has 0 aromatic carbocycles. The zero-order valence-corrected chi connectivity index (χ0v) is 11.8. The Labute approximate surface area is 110 Å². The smallest absolute Gasteiger partial charge is 0.254 e. The maximum absolute atomic E-state index is 11.6. The molecule has 18 heavy (non-hydrogen) atoms. The molecule has 2 amide bonds. The van der Waals surface area contributed by atoms with E-state index in [1.54, 1.807) is 0 Å². The highest BCUT2D eigenvalue weighted by Crippen LogP contribution is 2.28. The minimum absolute atomic E-state index is 0.195. The van der Waals surface area contributed by atoms with E-state index in [1.165, 1.54) is 0 Å². The molecule has 0 aromatic rings. The molecule has 0 unspecified atom stereocenters. The van der Waals surface area contributed by atoms with Gasteiger partial charge in [-0.2, -0.15) is 5.06 Å². The predicted octanol–water partition coefficient (Wildman–Crippen LogP) is 3.21. The Bertz CT molecular complexity index is 277. The lowest BCUT2D eigenvalue weighted by molar-refractivity contribution is -0.230. The maximum Gasteiger partial charge on any atom is 0.254 e. The normalized spacial score (nSPS) is 16.7. The van der Waals surface area contributed by atoms with Crippen molar-refractivity contribution in [1.82, 2.24) is 5.06 Å². The summed E-state index contributed by atoms with van der Waals surface area (Å²) in [7, 11) is 0. The van der Waals surface area contributed by atoms with Crippen LogP contribution < -0.4 is 0 Å². The van der Waals surface area contributed by atoms with Crippen LogP contribution in [0.3, 0.4) is 0 Å². The average molecular weight is 255 g/mol. The second-order valence-corrected chi connectivity index (χ2v) is 5.33. The van der Waals surface area contributed by atoms with Crippen molar-refractivity contribution in [3.05, 3.63) is 0 Å². The van der Waals surface area contributed by atoms with E-state index in [0.29, 0.717) is 0 Å². The molecule has 0 aromatic heterocycles. The van der Waals surface area contributed by atoms with E-state index in [9.17, 15) is 9.59 Å². The van der Waals surface area contributed by atoms with Crippen LogP contribution in [0.4, 0.5) is 0 Å². The zero-order chi connectivity index (χ0) is 13.6. The number of unbranched alkanes of at least 4 members (excludes halogenated alkanes) is 2. The molecule has 0 aliphatic carbocycles. The standard InChI is InChI=1S/C14H25NO3/c1-4-6-10-14(3,11-7-5-2)18-15-12(16)8-9-13(15)17/h4-11H2,1-3H3. The average Bonchev–Trinajstić information content (AvgIpc) is 2.66. The van der Waals surface area contributed by atoms with E-state index in [4.69, 9.17) is 4.84 Å². The number of carbonyl (C=O) groups is 2. The van der Waals surface area contributed by atoms with Gasteiger partial charge in [0.05, 0.1) is 5.60 Å². The predicted molar refractivity (Wildman–Crippen MR) is 69.6 cm³/mol. The number of hydrogen-bond donors (Lipinski definition) is 0. The SMILES string of the molecule is CCCCC(C)(CCCC)ON1C(=O)CCC1=O. The first-order valence-corrected chi connectivity index (χ1v) is 7.07. The van der Waals surface area contributed by atoms with Gasteiger partial charge in [0.15, 0.2) is 0 Å². The highest BCUT2D eigenvalue weighted by Gasteiger charge is 2.36. The zero-order valence-electron chi connectivity index (χ0n) is 11.8. The molecule has 1 fully saturated rings. The topological polar surface area (TPSA) is 46.6 Å². The van der Waals surface area contributed by atoms with Gasteiger partial charge in [0.2, 0.25) is 0 Å². The lowest BCUT2D eigenvalue weighted by Crippen LogP contribution is -2.41. The van der Waals surface area contributed by atoms with Crippen LogP contribution in [0.15, 0.2) is 0 Å². The van der Waals surface area contributed by atoms with Crippen molar-refractivity contribution in [3.63, 3.8) is 0 Å². The van der Waals surface area contributed by atoms with E-state index in [-0.39, 0.29) is 30.3 Å². The van der Waals surface area contributed by atoms with Crippen LogP contribution >= 0.6 is 0 Å². The highest BCUT2D eigenvalue weighted by atomic mass is 16.7. The van der Waals surface area contributed by atoms with Crippen molar-refractivity contribution < 1.29 is 14.4 Å². The van der Waals surface area contributed by atoms with Gasteiger partial charge in [0, 0.05) is 12.8 Å². The largest absolute Gasteiger partial charge is 0.272 e. The molecule has 1 rings (SSSR count). The first kappa shape index (κ1) is 15.2. The summed E-state index contributed by atoms with van der Waals surface area (Å²) in [5.74, 6) is -0.390. The second kappa shape index (κ2) is 6.88. The van der Waals surface area contributed by atoms with Crippen molar-refractivity contribution in [2.45, 2.75) is 77.7 Å². The molecule has 0 radical (unpaired) electrons. The first-order valence-electron chi connectivity index (χ1n) is 7.07. The molecule has 0 saturated carbocycles. The van der Waals surface area contributed by atoms with Gasteiger partial charge in [-0.15, -0.1) is 0 Å². The summed E-state index contributed by atoms with van der Waals surface area (Å²) in [6.45, 7) is 6.27. The van der Waals surface area contributed by atoms with Gasteiger partial charge in [-0.05, 0) is 19.8 Å². The number of hydroxylamine groups is 2. The fourth-order valence-corrected chi connectivity index (χ4v) is 2.20. The molecule has 0 bridgehead atoms. The molecule has 0 spiro atoms. The number of amides is 2. The minimum Gasteiger partial charge on any atom is -0.272 e. The lowest BCUT2D eigenvalue weighted by atomic mass is 9.93. The number of imide groups is 1. The molecule has 0 atom stereocenters. The monoisotopic (exact) mass is 255 g/mol. The molecule has 4 nitrogen and oxygen atoms in total. The molecular weight excluding hydrogens is 230 g/mol. The fourth-order valence-electron chi connectivity index (χ4n) is 2.20. The Balaban J connectivity index is 2.64. The molecule has 0 N–H and O–H groups in total. The Morgan fingerprint density at radius 1 is 1.06 bits per heavy atom. The third-order valence-electron chi connectivity index (χ3n) is 3.44. The van der Waals surface area contributed by atoms with Gasteiger partial charge in [0.1, 0.15) is 0 Å². The van der Waals surface area contributed by atoms with Crippen LogP contribution in [0.5, 0.6) is 0 Å². The summed E-state index contributed by atoms with van der Waals surface area (Å²) >= 11 is 0. The van der Waals surface area contributed by atoms with Gasteiger partial charge >= 0.3 is 0 Å². The first-order chi connectivity index (χ1) is 8.52. The lowest BCUT2D eigenvalue weighted by Gasteiger charge is -2.32. The molecule has 1 heterocycles. The van der Waals surface area contributed by atoms with Crippen molar-refractivity contribution in [2.75, 3.05) is 0 Å². The summed E-state index contributed by atoms with van der Waals surface area (Å²) in [4.78, 5) is 28.9. The van der Waals surface area contributed by atoms with Crippen molar-refractivity contribution in [2.24, 2.45) is 0 Å². The van der Waals surface area contributed by atoms with E-state index in [1.807, 2.05) is 6.92 Å². The number of hydrogen-bond acceptors (Lipinski definition) is 3. The summed E-state index contributed by atoms with van der Waals surface area (Å²) in [6.07, 6.45) is 6.64. The Hall–Kier alpha value is -0.900. The quantitative estimate of drug-likeness (QED) is 0.626. The van der Waals surface area contributed by atoms with Gasteiger partial charge in [-0.1, -0.05) is 39.5 Å². The fraction of sp³-hybridized carbons (Fsp3) is 0.857. The minimum atomic E-state index is -0.387. The van der Waals surface area contributed by atoms with Crippen molar-refractivity contribution in [1.29, 1.82) is 0 Å². The number of nitrogens with zero attached hydrogens (tertiary/aromatic N) is 1. The van der Waals surface area contributed by atoms with Gasteiger partial charge in [0.25, 0.3) is 11.8 Å². The maximum atomic E-state index is 11.6. The van der Waals surface area contributed by atoms with Gasteiger partial charge < -0.3 is 0 Å². The number of carbonyl (C=O) groups excluding carboxylic acids is 2. The van der Waals surface area contributed by atoms with Crippen LogP contribution in [0.1, 0.15) is 72.1 Å². The summed E-state index contributed by atoms with van der Waals surface area (Å²) in [5, 5.41) is 1.01. The molecular formula is C14H25NO3. The Kier molecular flexibility index (Phi) is 5.79. The van der Waals surface area contributed by atoms with Crippen LogP contribution in [-0.4, -0.2) is 22.5 Å². The Morgan fingerprint density at radius 2 is 1.50 bits per heavy atom. The third-order valence-corrected chi connectivity index (χ3v) is 3.44. The van der Waals surface area contributed by atoms with Crippen LogP contribution in [0.2, 0.25) is 0 Å². The molecule has 1 aliphatic rings. The highest BCUT2D eigenvalue weighted by molar-refractivity contribution is 6.00. The van der Waals surface area contributed by atoms with E-state index in [2.05, 4.69) is 13.8 Å². The molecule has 1 aliphatic heterocycles. The van der Waals surface area contributed by atoms with Crippen molar-refractivity contribution >= 4 is 11.8 Å². The third kappa shape index (κ3) is 4.09. The van der Waals surface area contributed by atoms with Gasteiger partial charge in [-0.25, -0.2) is 0 Å². The van der Waals surface area contributed by atoms with E-state index < -0.39 is 0 Å². The van der Waals surface area contributed by atoms with Crippen LogP contribution in [-0.2, 0) is 14.4 Å². The second-order valence-electron chi connectivity index (χ2n) is 5.33.